The van der Waals surface area contributed by atoms with Crippen molar-refractivity contribution < 1.29 is 27.4 Å². The number of amides is 1. The molecule has 0 radical (unpaired) electrons. The summed E-state index contributed by atoms with van der Waals surface area (Å²) in [6.45, 7) is 5.74. The van der Waals surface area contributed by atoms with Crippen molar-refractivity contribution >= 4 is 22.7 Å². The second-order valence-electron chi connectivity index (χ2n) is 6.94. The first-order valence-electron chi connectivity index (χ1n) is 7.94. The molecule has 0 aliphatic carbocycles. The molecule has 3 rings (SSSR count). The minimum Gasteiger partial charge on any atom is -0.443 e. The van der Waals surface area contributed by atoms with Crippen LogP contribution < -0.4 is 9.64 Å². The average Bonchev–Trinajstić information content (AvgIpc) is 2.81. The Balaban J connectivity index is 2.02. The van der Waals surface area contributed by atoms with Crippen LogP contribution in [-0.2, 0) is 11.2 Å². The molecular formula is C17H19F3N2O3. The van der Waals surface area contributed by atoms with Crippen molar-refractivity contribution in [2.75, 3.05) is 11.4 Å². The highest BCUT2D eigenvalue weighted by Gasteiger charge is 2.33. The van der Waals surface area contributed by atoms with Crippen molar-refractivity contribution in [3.8, 4) is 5.75 Å². The molecule has 2 heterocycles. The summed E-state index contributed by atoms with van der Waals surface area (Å²) in [5.74, 6) is -0.323. The van der Waals surface area contributed by atoms with Gasteiger partial charge in [-0.2, -0.15) is 0 Å². The first-order chi connectivity index (χ1) is 11.5. The van der Waals surface area contributed by atoms with Crippen LogP contribution in [0, 0.1) is 0 Å². The maximum Gasteiger partial charge on any atom is 0.573 e. The van der Waals surface area contributed by atoms with Gasteiger partial charge >= 0.3 is 12.5 Å². The maximum atomic E-state index is 12.5. The third-order valence-electron chi connectivity index (χ3n) is 3.74. The van der Waals surface area contributed by atoms with Gasteiger partial charge in [0.2, 0.25) is 0 Å². The summed E-state index contributed by atoms with van der Waals surface area (Å²) in [6.07, 6.45) is -3.84. The highest BCUT2D eigenvalue weighted by Crippen LogP contribution is 2.38. The highest BCUT2D eigenvalue weighted by atomic mass is 19.4. The van der Waals surface area contributed by atoms with E-state index in [1.165, 1.54) is 23.1 Å². The van der Waals surface area contributed by atoms with E-state index in [-0.39, 0.29) is 5.75 Å². The van der Waals surface area contributed by atoms with Crippen LogP contribution in [0.1, 0.15) is 32.9 Å². The van der Waals surface area contributed by atoms with Crippen molar-refractivity contribution in [3.05, 3.63) is 23.9 Å². The summed E-state index contributed by atoms with van der Waals surface area (Å²) < 4.78 is 46.9. The van der Waals surface area contributed by atoms with Gasteiger partial charge in [0.15, 0.2) is 0 Å². The van der Waals surface area contributed by atoms with Crippen molar-refractivity contribution in [2.45, 2.75) is 45.6 Å². The smallest absolute Gasteiger partial charge is 0.443 e. The first-order valence-corrected chi connectivity index (χ1v) is 7.94. The number of nitrogens with zero attached hydrogens (tertiary/aromatic N) is 1. The minimum absolute atomic E-state index is 0.323. The van der Waals surface area contributed by atoms with Crippen molar-refractivity contribution in [1.29, 1.82) is 0 Å². The van der Waals surface area contributed by atoms with Crippen LogP contribution in [0.5, 0.6) is 5.75 Å². The van der Waals surface area contributed by atoms with Gasteiger partial charge in [0.1, 0.15) is 11.4 Å². The van der Waals surface area contributed by atoms with E-state index in [0.29, 0.717) is 29.6 Å². The number of aryl methyl sites for hydroxylation is 1. The Bertz CT molecular complexity index is 806. The van der Waals surface area contributed by atoms with Crippen LogP contribution >= 0.6 is 0 Å². The third-order valence-corrected chi connectivity index (χ3v) is 3.74. The van der Waals surface area contributed by atoms with Crippen LogP contribution in [0.15, 0.2) is 18.2 Å². The molecule has 5 nitrogen and oxygen atoms in total. The van der Waals surface area contributed by atoms with E-state index in [9.17, 15) is 18.0 Å². The molecule has 1 N–H and O–H groups in total. The second kappa shape index (κ2) is 5.86. The fraction of sp³-hybridized carbons (Fsp3) is 0.471. The monoisotopic (exact) mass is 356 g/mol. The van der Waals surface area contributed by atoms with Crippen molar-refractivity contribution in [3.63, 3.8) is 0 Å². The molecule has 0 fully saturated rings. The maximum absolute atomic E-state index is 12.5. The molecule has 1 amide bonds. The van der Waals surface area contributed by atoms with E-state index >= 15 is 0 Å². The molecule has 1 aliphatic heterocycles. The van der Waals surface area contributed by atoms with Crippen LogP contribution in [0.3, 0.4) is 0 Å². The van der Waals surface area contributed by atoms with Crippen LogP contribution in [-0.4, -0.2) is 29.6 Å². The fourth-order valence-electron chi connectivity index (χ4n) is 2.92. The van der Waals surface area contributed by atoms with Gasteiger partial charge in [-0.1, -0.05) is 0 Å². The van der Waals surface area contributed by atoms with E-state index in [0.717, 1.165) is 12.1 Å². The topological polar surface area (TPSA) is 54.6 Å². The number of benzene rings is 1. The Morgan fingerprint density at radius 3 is 2.60 bits per heavy atom. The van der Waals surface area contributed by atoms with Gasteiger partial charge in [-0.25, -0.2) is 4.79 Å². The Labute approximate surface area is 142 Å². The van der Waals surface area contributed by atoms with Crippen molar-refractivity contribution in [2.24, 2.45) is 0 Å². The minimum atomic E-state index is -4.77. The number of hydrogen-bond donors (Lipinski definition) is 1. The number of halogens is 3. The lowest BCUT2D eigenvalue weighted by molar-refractivity contribution is -0.274. The molecule has 0 saturated heterocycles. The lowest BCUT2D eigenvalue weighted by Gasteiger charge is -2.30. The highest BCUT2D eigenvalue weighted by molar-refractivity contribution is 6.03. The van der Waals surface area contributed by atoms with Crippen LogP contribution in [0.25, 0.3) is 10.9 Å². The lowest BCUT2D eigenvalue weighted by atomic mass is 10.1. The Kier molecular flexibility index (Phi) is 4.09. The molecule has 1 aromatic heterocycles. The third kappa shape index (κ3) is 3.83. The quantitative estimate of drug-likeness (QED) is 0.802. The molecule has 2 aromatic rings. The van der Waals surface area contributed by atoms with Gasteiger partial charge in [-0.3, -0.25) is 4.90 Å². The molecular weight excluding hydrogens is 337 g/mol. The zero-order chi connectivity index (χ0) is 18.4. The largest absolute Gasteiger partial charge is 0.573 e. The van der Waals surface area contributed by atoms with E-state index < -0.39 is 18.1 Å². The molecule has 8 heteroatoms. The summed E-state index contributed by atoms with van der Waals surface area (Å²) >= 11 is 0. The number of anilines is 1. The van der Waals surface area contributed by atoms with Crippen molar-refractivity contribution in [1.82, 2.24) is 4.98 Å². The number of ether oxygens (including phenoxy) is 2. The van der Waals surface area contributed by atoms with Crippen LogP contribution in [0.2, 0.25) is 0 Å². The standard InChI is InChI=1S/C17H19F3N2O3/c1-16(2,3)25-15(23)22-8-4-5-13-14(22)11-9-10(24-17(18,19)20)6-7-12(11)21-13/h6-7,9,21H,4-5,8H2,1-3H3. The van der Waals surface area contributed by atoms with E-state index in [4.69, 9.17) is 4.74 Å². The molecule has 1 aliphatic rings. The lowest BCUT2D eigenvalue weighted by Crippen LogP contribution is -2.39. The van der Waals surface area contributed by atoms with Gasteiger partial charge in [-0.05, 0) is 51.8 Å². The van der Waals surface area contributed by atoms with E-state index in [1.54, 1.807) is 20.8 Å². The number of H-pyrrole nitrogens is 1. The molecule has 0 atom stereocenters. The Morgan fingerprint density at radius 1 is 1.24 bits per heavy atom. The summed E-state index contributed by atoms with van der Waals surface area (Å²) in [5, 5.41) is 0.502. The van der Waals surface area contributed by atoms with Gasteiger partial charge in [-0.15, -0.1) is 13.2 Å². The second-order valence-corrected chi connectivity index (χ2v) is 6.94. The van der Waals surface area contributed by atoms with Gasteiger partial charge in [0, 0.05) is 23.1 Å². The number of hydrogen-bond acceptors (Lipinski definition) is 3. The molecule has 25 heavy (non-hydrogen) atoms. The number of aromatic amines is 1. The molecule has 1 aromatic carbocycles. The summed E-state index contributed by atoms with van der Waals surface area (Å²) in [4.78, 5) is 17.2. The molecule has 136 valence electrons. The number of carbonyl (C=O) groups is 1. The van der Waals surface area contributed by atoms with Gasteiger partial charge in [0.05, 0.1) is 5.69 Å². The summed E-state index contributed by atoms with van der Waals surface area (Å²) in [6, 6.07) is 4.05. The average molecular weight is 356 g/mol. The van der Waals surface area contributed by atoms with Gasteiger partial charge < -0.3 is 14.5 Å². The molecule has 0 saturated carbocycles. The fourth-order valence-corrected chi connectivity index (χ4v) is 2.92. The molecule has 0 spiro atoms. The predicted molar refractivity (Wildman–Crippen MR) is 86.9 cm³/mol. The van der Waals surface area contributed by atoms with E-state index in [1.807, 2.05) is 0 Å². The normalized spacial score (nSPS) is 15.2. The number of carbonyl (C=O) groups excluding carboxylic acids is 1. The Hall–Kier alpha value is -2.38. The number of alkyl halides is 3. The summed E-state index contributed by atoms with van der Waals surface area (Å²) in [5.41, 5.74) is 1.35. The molecule has 0 unspecified atom stereocenters. The predicted octanol–water partition coefficient (Wildman–Crippen LogP) is 4.75. The van der Waals surface area contributed by atoms with Crippen LogP contribution in [0.4, 0.5) is 23.7 Å². The number of aromatic nitrogens is 1. The zero-order valence-corrected chi connectivity index (χ0v) is 14.2. The zero-order valence-electron chi connectivity index (χ0n) is 14.2. The number of nitrogens with one attached hydrogen (secondary N) is 1. The molecule has 0 bridgehead atoms. The van der Waals surface area contributed by atoms with E-state index in [2.05, 4.69) is 9.72 Å². The SMILES string of the molecule is CC(C)(C)OC(=O)N1CCCc2[nH]c3ccc(OC(F)(F)F)cc3c21. The number of rotatable bonds is 1. The summed E-state index contributed by atoms with van der Waals surface area (Å²) in [7, 11) is 0. The number of fused-ring (bicyclic) bond motifs is 3. The first kappa shape index (κ1) is 17.4. The van der Waals surface area contributed by atoms with Gasteiger partial charge in [0.25, 0.3) is 0 Å². The Morgan fingerprint density at radius 2 is 1.96 bits per heavy atom.